The van der Waals surface area contributed by atoms with E-state index in [1.165, 1.54) is 12.5 Å². The summed E-state index contributed by atoms with van der Waals surface area (Å²) in [7, 11) is 0. The molecule has 1 aliphatic rings. The van der Waals surface area contributed by atoms with Crippen LogP contribution in [0.4, 0.5) is 0 Å². The number of carbonyl (C=O) groups excluding carboxylic acids is 3. The molecule has 1 unspecified atom stereocenters. The molecule has 0 aromatic carbocycles. The van der Waals surface area contributed by atoms with Gasteiger partial charge in [-0.15, -0.1) is 0 Å². The summed E-state index contributed by atoms with van der Waals surface area (Å²) in [6.45, 7) is 4.83. The lowest BCUT2D eigenvalue weighted by molar-refractivity contribution is -0.132. The van der Waals surface area contributed by atoms with Crippen LogP contribution in [0.2, 0.25) is 0 Å². The molecule has 0 aliphatic carbocycles. The molecule has 7 heteroatoms. The van der Waals surface area contributed by atoms with Gasteiger partial charge in [0.1, 0.15) is 6.26 Å². The maximum atomic E-state index is 12.3. The third-order valence-electron chi connectivity index (χ3n) is 3.77. The Balaban J connectivity index is 1.84. The summed E-state index contributed by atoms with van der Waals surface area (Å²) < 4.78 is 4.92. The number of piperidine rings is 1. The van der Waals surface area contributed by atoms with E-state index >= 15 is 0 Å². The van der Waals surface area contributed by atoms with Crippen molar-refractivity contribution in [3.63, 3.8) is 0 Å². The molecule has 1 aromatic rings. The van der Waals surface area contributed by atoms with Crippen LogP contribution in [-0.2, 0) is 9.59 Å². The van der Waals surface area contributed by atoms with Gasteiger partial charge in [-0.2, -0.15) is 0 Å². The van der Waals surface area contributed by atoms with Gasteiger partial charge in [-0.3, -0.25) is 25.2 Å². The summed E-state index contributed by atoms with van der Waals surface area (Å²) in [6.07, 6.45) is 4.66. The molecule has 3 amide bonds. The van der Waals surface area contributed by atoms with Crippen LogP contribution in [0.1, 0.15) is 43.5 Å². The van der Waals surface area contributed by atoms with E-state index < -0.39 is 0 Å². The Bertz CT molecular complexity index is 554. The maximum absolute atomic E-state index is 12.3. The number of nitrogens with zero attached hydrogens (tertiary/aromatic N) is 1. The first-order valence-corrected chi connectivity index (χ1v) is 7.87. The highest BCUT2D eigenvalue weighted by Gasteiger charge is 2.29. The van der Waals surface area contributed by atoms with Gasteiger partial charge in [-0.1, -0.05) is 13.8 Å². The quantitative estimate of drug-likeness (QED) is 0.818. The highest BCUT2D eigenvalue weighted by atomic mass is 16.3. The summed E-state index contributed by atoms with van der Waals surface area (Å²) in [5, 5.41) is 0. The summed E-state index contributed by atoms with van der Waals surface area (Å²) in [5.74, 6) is -0.703. The second kappa shape index (κ2) is 7.80. The smallest absolute Gasteiger partial charge is 0.257 e. The molecule has 1 fully saturated rings. The Morgan fingerprint density at radius 2 is 2.13 bits per heavy atom. The molecule has 126 valence electrons. The fraction of sp³-hybridized carbons (Fsp3) is 0.562. The molecule has 23 heavy (non-hydrogen) atoms. The molecule has 0 radical (unpaired) electrons. The number of likely N-dealkylation sites (tertiary alicyclic amines) is 1. The Hall–Kier alpha value is -2.31. The van der Waals surface area contributed by atoms with Crippen LogP contribution < -0.4 is 10.9 Å². The van der Waals surface area contributed by atoms with E-state index in [2.05, 4.69) is 10.9 Å². The molecule has 0 spiro atoms. The molecule has 2 heterocycles. The Morgan fingerprint density at radius 1 is 1.35 bits per heavy atom. The molecular formula is C16H23N3O4. The zero-order valence-electron chi connectivity index (χ0n) is 13.5. The molecule has 1 aliphatic heterocycles. The largest absolute Gasteiger partial charge is 0.472 e. The molecule has 1 saturated heterocycles. The van der Waals surface area contributed by atoms with Crippen molar-refractivity contribution in [2.45, 2.75) is 33.1 Å². The zero-order chi connectivity index (χ0) is 16.8. The number of furan rings is 1. The number of nitrogens with one attached hydrogen (secondary N) is 2. The van der Waals surface area contributed by atoms with Gasteiger partial charge in [0, 0.05) is 19.5 Å². The fourth-order valence-corrected chi connectivity index (χ4v) is 2.60. The summed E-state index contributed by atoms with van der Waals surface area (Å²) in [6, 6.07) is 1.61. The second-order valence-corrected chi connectivity index (χ2v) is 6.24. The summed E-state index contributed by atoms with van der Waals surface area (Å²) in [5.41, 5.74) is 5.37. The van der Waals surface area contributed by atoms with E-state index in [0.717, 1.165) is 6.42 Å². The van der Waals surface area contributed by atoms with Crippen molar-refractivity contribution in [3.05, 3.63) is 24.2 Å². The predicted octanol–water partition coefficient (Wildman–Crippen LogP) is 1.33. The molecular weight excluding hydrogens is 298 g/mol. The summed E-state index contributed by atoms with van der Waals surface area (Å²) in [4.78, 5) is 37.7. The van der Waals surface area contributed by atoms with E-state index in [1.54, 1.807) is 11.0 Å². The van der Waals surface area contributed by atoms with Gasteiger partial charge in [0.2, 0.25) is 11.8 Å². The first kappa shape index (κ1) is 17.1. The Kier molecular flexibility index (Phi) is 5.78. The standard InChI is InChI=1S/C16H23N3O4/c1-11(2)8-14(20)17-18-15(21)12-4-3-6-19(9-12)16(22)13-5-7-23-10-13/h5,7,10-12H,3-4,6,8-9H2,1-2H3,(H,17,20)(H,18,21). The van der Waals surface area contributed by atoms with E-state index in [1.807, 2.05) is 13.8 Å². The third-order valence-corrected chi connectivity index (χ3v) is 3.77. The molecule has 2 N–H and O–H groups in total. The van der Waals surface area contributed by atoms with Crippen molar-refractivity contribution >= 4 is 17.7 Å². The van der Waals surface area contributed by atoms with Gasteiger partial charge in [0.15, 0.2) is 0 Å². The molecule has 0 saturated carbocycles. The minimum atomic E-state index is -0.320. The van der Waals surface area contributed by atoms with E-state index in [0.29, 0.717) is 31.5 Å². The van der Waals surface area contributed by atoms with Crippen molar-refractivity contribution in [2.24, 2.45) is 11.8 Å². The third kappa shape index (κ3) is 4.84. The molecule has 1 aromatic heterocycles. The highest BCUT2D eigenvalue weighted by Crippen LogP contribution is 2.19. The normalized spacial score (nSPS) is 17.9. The van der Waals surface area contributed by atoms with E-state index in [9.17, 15) is 14.4 Å². The van der Waals surface area contributed by atoms with Crippen molar-refractivity contribution in [2.75, 3.05) is 13.1 Å². The van der Waals surface area contributed by atoms with Crippen molar-refractivity contribution in [1.82, 2.24) is 15.8 Å². The Morgan fingerprint density at radius 3 is 2.78 bits per heavy atom. The topological polar surface area (TPSA) is 91.7 Å². The summed E-state index contributed by atoms with van der Waals surface area (Å²) >= 11 is 0. The average Bonchev–Trinajstić information content (AvgIpc) is 3.05. The maximum Gasteiger partial charge on any atom is 0.257 e. The van der Waals surface area contributed by atoms with Crippen LogP contribution in [0, 0.1) is 11.8 Å². The minimum Gasteiger partial charge on any atom is -0.472 e. The van der Waals surface area contributed by atoms with Crippen molar-refractivity contribution in [3.8, 4) is 0 Å². The first-order chi connectivity index (χ1) is 11.0. The Labute approximate surface area is 135 Å². The second-order valence-electron chi connectivity index (χ2n) is 6.24. The molecule has 1 atom stereocenters. The van der Waals surface area contributed by atoms with Gasteiger partial charge >= 0.3 is 0 Å². The lowest BCUT2D eigenvalue weighted by Crippen LogP contribution is -2.50. The SMILES string of the molecule is CC(C)CC(=O)NNC(=O)C1CCCN(C(=O)c2ccoc2)C1. The number of hydrogen-bond acceptors (Lipinski definition) is 4. The van der Waals surface area contributed by atoms with Crippen LogP contribution in [-0.4, -0.2) is 35.7 Å². The fourth-order valence-electron chi connectivity index (χ4n) is 2.60. The first-order valence-electron chi connectivity index (χ1n) is 7.87. The van der Waals surface area contributed by atoms with Gasteiger partial charge < -0.3 is 9.32 Å². The number of carbonyl (C=O) groups is 3. The van der Waals surface area contributed by atoms with Crippen LogP contribution >= 0.6 is 0 Å². The van der Waals surface area contributed by atoms with Gasteiger partial charge in [-0.25, -0.2) is 0 Å². The number of rotatable bonds is 4. The lowest BCUT2D eigenvalue weighted by atomic mass is 9.97. The average molecular weight is 321 g/mol. The van der Waals surface area contributed by atoms with Crippen molar-refractivity contribution < 1.29 is 18.8 Å². The van der Waals surface area contributed by atoms with E-state index in [4.69, 9.17) is 4.42 Å². The number of hydrazine groups is 1. The number of hydrogen-bond donors (Lipinski definition) is 2. The monoisotopic (exact) mass is 321 g/mol. The molecule has 0 bridgehead atoms. The predicted molar refractivity (Wildman–Crippen MR) is 83.1 cm³/mol. The molecule has 7 nitrogen and oxygen atoms in total. The highest BCUT2D eigenvalue weighted by molar-refractivity contribution is 5.94. The minimum absolute atomic E-state index is 0.139. The van der Waals surface area contributed by atoms with Crippen molar-refractivity contribution in [1.29, 1.82) is 0 Å². The van der Waals surface area contributed by atoms with Crippen LogP contribution in [0.5, 0.6) is 0 Å². The van der Waals surface area contributed by atoms with Crippen LogP contribution in [0.25, 0.3) is 0 Å². The van der Waals surface area contributed by atoms with Crippen LogP contribution in [0.3, 0.4) is 0 Å². The molecule has 2 rings (SSSR count). The van der Waals surface area contributed by atoms with Gasteiger partial charge in [0.25, 0.3) is 5.91 Å². The van der Waals surface area contributed by atoms with Gasteiger partial charge in [0.05, 0.1) is 17.7 Å². The lowest BCUT2D eigenvalue weighted by Gasteiger charge is -2.31. The number of amides is 3. The zero-order valence-corrected chi connectivity index (χ0v) is 13.5. The van der Waals surface area contributed by atoms with Gasteiger partial charge in [-0.05, 0) is 24.8 Å². The van der Waals surface area contributed by atoms with Crippen LogP contribution in [0.15, 0.2) is 23.0 Å². The van der Waals surface area contributed by atoms with E-state index in [-0.39, 0.29) is 29.6 Å².